The summed E-state index contributed by atoms with van der Waals surface area (Å²) < 4.78 is 22.1. The minimum atomic E-state index is -0.206. The van der Waals surface area contributed by atoms with Crippen LogP contribution in [0.25, 0.3) is 0 Å². The van der Waals surface area contributed by atoms with Gasteiger partial charge in [-0.1, -0.05) is 17.3 Å². The van der Waals surface area contributed by atoms with Gasteiger partial charge in [0.25, 0.3) is 5.89 Å². The predicted octanol–water partition coefficient (Wildman–Crippen LogP) is 3.07. The van der Waals surface area contributed by atoms with Crippen LogP contribution < -0.4 is 9.47 Å². The van der Waals surface area contributed by atoms with E-state index in [-0.39, 0.29) is 18.3 Å². The van der Waals surface area contributed by atoms with Crippen LogP contribution in [0, 0.1) is 0 Å². The summed E-state index contributed by atoms with van der Waals surface area (Å²) in [6.45, 7) is 6.18. The normalized spacial score (nSPS) is 16.9. The lowest BCUT2D eigenvalue weighted by molar-refractivity contribution is 0.109. The van der Waals surface area contributed by atoms with Gasteiger partial charge in [0.2, 0.25) is 0 Å². The molecule has 22 heavy (non-hydrogen) atoms. The van der Waals surface area contributed by atoms with Gasteiger partial charge in [-0.15, -0.1) is 0 Å². The van der Waals surface area contributed by atoms with E-state index in [0.717, 1.165) is 17.7 Å². The highest BCUT2D eigenvalue weighted by atomic mass is 16.5. The molecule has 1 aromatic heterocycles. The lowest BCUT2D eigenvalue weighted by Crippen LogP contribution is -2.24. The fraction of sp³-hybridized carbons (Fsp3) is 0.500. The zero-order valence-electron chi connectivity index (χ0n) is 13.3. The largest absolute Gasteiger partial charge is 0.483 e. The van der Waals surface area contributed by atoms with E-state index in [0.29, 0.717) is 17.5 Å². The van der Waals surface area contributed by atoms with Crippen LogP contribution in [0.1, 0.15) is 44.2 Å². The van der Waals surface area contributed by atoms with E-state index in [2.05, 4.69) is 30.1 Å². The SMILES string of the molecule is CO[C@H](C)c1noc(COc2cccc3c2OC(C)(C)C3)n1. The quantitative estimate of drug-likeness (QED) is 0.845. The van der Waals surface area contributed by atoms with Gasteiger partial charge in [-0.2, -0.15) is 4.98 Å². The molecule has 6 nitrogen and oxygen atoms in total. The summed E-state index contributed by atoms with van der Waals surface area (Å²) in [5.41, 5.74) is 0.953. The fourth-order valence-electron chi connectivity index (χ4n) is 2.44. The van der Waals surface area contributed by atoms with Crippen molar-refractivity contribution in [3.05, 3.63) is 35.5 Å². The molecule has 0 saturated carbocycles. The smallest absolute Gasteiger partial charge is 0.264 e. The van der Waals surface area contributed by atoms with Gasteiger partial charge in [0.05, 0.1) is 0 Å². The molecule has 0 bridgehead atoms. The van der Waals surface area contributed by atoms with Crippen molar-refractivity contribution in [3.8, 4) is 11.5 Å². The van der Waals surface area contributed by atoms with Gasteiger partial charge < -0.3 is 18.7 Å². The Labute approximate surface area is 129 Å². The first-order chi connectivity index (χ1) is 10.5. The molecule has 1 aliphatic rings. The molecule has 2 heterocycles. The van der Waals surface area contributed by atoms with E-state index < -0.39 is 0 Å². The van der Waals surface area contributed by atoms with Crippen LogP contribution in [0.3, 0.4) is 0 Å². The first-order valence-corrected chi connectivity index (χ1v) is 7.27. The monoisotopic (exact) mass is 304 g/mol. The number of aromatic nitrogens is 2. The van der Waals surface area contributed by atoms with Crippen LogP contribution in [0.15, 0.2) is 22.7 Å². The number of hydrogen-bond donors (Lipinski definition) is 0. The molecule has 0 fully saturated rings. The molecule has 118 valence electrons. The molecular weight excluding hydrogens is 284 g/mol. The summed E-state index contributed by atoms with van der Waals surface area (Å²) in [6.07, 6.45) is 0.665. The van der Waals surface area contributed by atoms with Gasteiger partial charge in [0.15, 0.2) is 23.9 Å². The highest BCUT2D eigenvalue weighted by Crippen LogP contribution is 2.41. The highest BCUT2D eigenvalue weighted by Gasteiger charge is 2.32. The maximum atomic E-state index is 5.96. The molecule has 1 atom stereocenters. The van der Waals surface area contributed by atoms with Crippen molar-refractivity contribution in [2.24, 2.45) is 0 Å². The Balaban J connectivity index is 1.71. The zero-order valence-corrected chi connectivity index (χ0v) is 13.3. The Morgan fingerprint density at radius 1 is 1.36 bits per heavy atom. The average molecular weight is 304 g/mol. The Kier molecular flexibility index (Phi) is 3.78. The summed E-state index contributed by atoms with van der Waals surface area (Å²) in [5.74, 6) is 2.42. The number of hydrogen-bond acceptors (Lipinski definition) is 6. The summed E-state index contributed by atoms with van der Waals surface area (Å²) >= 11 is 0. The number of para-hydroxylation sites is 1. The number of fused-ring (bicyclic) bond motifs is 1. The van der Waals surface area contributed by atoms with E-state index in [1.807, 2.05) is 19.1 Å². The van der Waals surface area contributed by atoms with Crippen LogP contribution >= 0.6 is 0 Å². The zero-order chi connectivity index (χ0) is 15.7. The van der Waals surface area contributed by atoms with E-state index in [4.69, 9.17) is 18.7 Å². The van der Waals surface area contributed by atoms with Gasteiger partial charge in [0, 0.05) is 19.1 Å². The van der Waals surface area contributed by atoms with Crippen molar-refractivity contribution in [1.82, 2.24) is 10.1 Å². The van der Waals surface area contributed by atoms with Gasteiger partial charge >= 0.3 is 0 Å². The number of methoxy groups -OCH3 is 1. The van der Waals surface area contributed by atoms with Crippen LogP contribution in [0.2, 0.25) is 0 Å². The van der Waals surface area contributed by atoms with Crippen molar-refractivity contribution in [2.45, 2.75) is 45.5 Å². The topological polar surface area (TPSA) is 66.6 Å². The number of benzene rings is 1. The molecule has 0 radical (unpaired) electrons. The second-order valence-electron chi connectivity index (χ2n) is 6.00. The molecule has 3 rings (SSSR count). The summed E-state index contributed by atoms with van der Waals surface area (Å²) in [4.78, 5) is 4.25. The molecule has 0 saturated heterocycles. The maximum absolute atomic E-state index is 5.96. The fourth-order valence-corrected chi connectivity index (χ4v) is 2.44. The first-order valence-electron chi connectivity index (χ1n) is 7.27. The van der Waals surface area contributed by atoms with Gasteiger partial charge in [-0.05, 0) is 26.8 Å². The predicted molar refractivity (Wildman–Crippen MR) is 78.9 cm³/mol. The maximum Gasteiger partial charge on any atom is 0.264 e. The number of nitrogens with zero attached hydrogens (tertiary/aromatic N) is 2. The van der Waals surface area contributed by atoms with Crippen molar-refractivity contribution < 1.29 is 18.7 Å². The van der Waals surface area contributed by atoms with Crippen molar-refractivity contribution >= 4 is 0 Å². The Morgan fingerprint density at radius 3 is 2.95 bits per heavy atom. The third kappa shape index (κ3) is 2.92. The van der Waals surface area contributed by atoms with Crippen LogP contribution in [-0.2, 0) is 17.8 Å². The lowest BCUT2D eigenvalue weighted by atomic mass is 10.0. The third-order valence-corrected chi connectivity index (χ3v) is 3.61. The minimum Gasteiger partial charge on any atom is -0.483 e. The third-order valence-electron chi connectivity index (χ3n) is 3.61. The number of rotatable bonds is 5. The lowest BCUT2D eigenvalue weighted by Gasteiger charge is -2.18. The molecule has 1 aromatic carbocycles. The summed E-state index contributed by atoms with van der Waals surface area (Å²) in [7, 11) is 1.60. The Morgan fingerprint density at radius 2 is 2.18 bits per heavy atom. The van der Waals surface area contributed by atoms with E-state index >= 15 is 0 Å². The Hall–Kier alpha value is -2.08. The van der Waals surface area contributed by atoms with Crippen LogP contribution in [0.4, 0.5) is 0 Å². The van der Waals surface area contributed by atoms with E-state index in [9.17, 15) is 0 Å². The first kappa shape index (κ1) is 14.8. The van der Waals surface area contributed by atoms with Crippen molar-refractivity contribution in [3.63, 3.8) is 0 Å². The van der Waals surface area contributed by atoms with Crippen LogP contribution in [-0.4, -0.2) is 22.9 Å². The van der Waals surface area contributed by atoms with E-state index in [1.165, 1.54) is 0 Å². The van der Waals surface area contributed by atoms with Crippen molar-refractivity contribution in [2.75, 3.05) is 7.11 Å². The molecule has 0 N–H and O–H groups in total. The van der Waals surface area contributed by atoms with Crippen LogP contribution in [0.5, 0.6) is 11.5 Å². The molecule has 0 unspecified atom stereocenters. The molecule has 0 spiro atoms. The highest BCUT2D eigenvalue weighted by molar-refractivity contribution is 5.50. The molecule has 6 heteroatoms. The molecule has 2 aromatic rings. The van der Waals surface area contributed by atoms with Crippen molar-refractivity contribution in [1.29, 1.82) is 0 Å². The van der Waals surface area contributed by atoms with Gasteiger partial charge in [0.1, 0.15) is 11.7 Å². The Bertz CT molecular complexity index is 666. The molecule has 0 aliphatic carbocycles. The second kappa shape index (κ2) is 5.61. The molecule has 0 amide bonds. The molecular formula is C16H20N2O4. The average Bonchev–Trinajstić information content (AvgIpc) is 3.06. The standard InChI is InChI=1S/C16H20N2O4/c1-10(19-4)15-17-13(22-18-15)9-20-12-7-5-6-11-8-16(2,3)21-14(11)12/h5-7,10H,8-9H2,1-4H3/t10-/m1/s1. The summed E-state index contributed by atoms with van der Waals surface area (Å²) in [6, 6.07) is 5.91. The molecule has 1 aliphatic heterocycles. The van der Waals surface area contributed by atoms with Gasteiger partial charge in [-0.3, -0.25) is 0 Å². The number of ether oxygens (including phenoxy) is 3. The summed E-state index contributed by atoms with van der Waals surface area (Å²) in [5, 5.41) is 3.87. The minimum absolute atomic E-state index is 0.198. The van der Waals surface area contributed by atoms with Gasteiger partial charge in [-0.25, -0.2) is 0 Å². The van der Waals surface area contributed by atoms with E-state index in [1.54, 1.807) is 7.11 Å². The second-order valence-corrected chi connectivity index (χ2v) is 6.00.